The number of carbonyl (C=O) groups is 2. The van der Waals surface area contributed by atoms with Crippen LogP contribution in [0.15, 0.2) is 0 Å². The number of rotatable bonds is 2. The molecule has 0 aromatic heterocycles. The number of carboxylic acids is 2. The lowest BCUT2D eigenvalue weighted by Gasteiger charge is -2.29. The molecule has 2 fully saturated rings. The minimum Gasteiger partial charge on any atom is -0.480 e. The van der Waals surface area contributed by atoms with Gasteiger partial charge in [-0.2, -0.15) is 26.3 Å². The highest BCUT2D eigenvalue weighted by Crippen LogP contribution is 2.34. The molecule has 6 nitrogen and oxygen atoms in total. The van der Waals surface area contributed by atoms with Crippen molar-refractivity contribution >= 4 is 36.8 Å². The third kappa shape index (κ3) is 9.48. The van der Waals surface area contributed by atoms with Gasteiger partial charge in [-0.15, -0.1) is 24.8 Å². The van der Waals surface area contributed by atoms with E-state index in [9.17, 15) is 35.9 Å². The lowest BCUT2D eigenvalue weighted by atomic mass is 9.92. The molecule has 2 saturated heterocycles. The number of hydrogen-bond acceptors (Lipinski definition) is 4. The SMILES string of the molecule is Cl.Cl.O=C(O)[C@@H]1C[C@@H](C(F)(F)F)CCN1.O=C(O)[C@H]1C[C@H](C(F)(F)F)CCN1. The number of hydrogen-bond donors (Lipinski definition) is 4. The fraction of sp³-hybridized carbons (Fsp3) is 0.857. The van der Waals surface area contributed by atoms with Crippen molar-refractivity contribution in [3.8, 4) is 0 Å². The summed E-state index contributed by atoms with van der Waals surface area (Å²) in [5.41, 5.74) is 0. The maximum Gasteiger partial charge on any atom is 0.391 e. The number of carboxylic acid groups (broad SMARTS) is 2. The van der Waals surface area contributed by atoms with Crippen LogP contribution in [0.1, 0.15) is 25.7 Å². The van der Waals surface area contributed by atoms with Crippen molar-refractivity contribution in [2.75, 3.05) is 13.1 Å². The predicted octanol–water partition coefficient (Wildman–Crippen LogP) is 2.85. The zero-order valence-electron chi connectivity index (χ0n) is 14.3. The number of nitrogens with one attached hydrogen (secondary N) is 2. The van der Waals surface area contributed by atoms with Crippen LogP contribution in [0.2, 0.25) is 0 Å². The normalized spacial score (nSPS) is 27.9. The van der Waals surface area contributed by atoms with Crippen LogP contribution in [0.5, 0.6) is 0 Å². The summed E-state index contributed by atoms with van der Waals surface area (Å²) in [7, 11) is 0. The molecule has 2 aliphatic heterocycles. The average molecular weight is 467 g/mol. The number of alkyl halides is 6. The van der Waals surface area contributed by atoms with Gasteiger partial charge in [0.2, 0.25) is 0 Å². The van der Waals surface area contributed by atoms with E-state index in [-0.39, 0.29) is 63.6 Å². The summed E-state index contributed by atoms with van der Waals surface area (Å²) in [6, 6.07) is -2.11. The van der Waals surface area contributed by atoms with Gasteiger partial charge in [-0.05, 0) is 38.8 Å². The molecule has 28 heavy (non-hydrogen) atoms. The fourth-order valence-electron chi connectivity index (χ4n) is 2.81. The van der Waals surface area contributed by atoms with Crippen LogP contribution in [0, 0.1) is 11.8 Å². The zero-order chi connectivity index (χ0) is 20.1. The minimum absolute atomic E-state index is 0. The molecule has 2 aliphatic rings. The molecule has 0 spiro atoms. The topological polar surface area (TPSA) is 98.7 Å². The molecular formula is C14H22Cl2F6N2O4. The largest absolute Gasteiger partial charge is 0.480 e. The van der Waals surface area contributed by atoms with E-state index in [1.807, 2.05) is 0 Å². The highest BCUT2D eigenvalue weighted by Gasteiger charge is 2.44. The second-order valence-corrected chi connectivity index (χ2v) is 6.22. The predicted molar refractivity (Wildman–Crippen MR) is 90.9 cm³/mol. The van der Waals surface area contributed by atoms with E-state index >= 15 is 0 Å². The average Bonchev–Trinajstić information content (AvgIpc) is 2.54. The molecule has 2 rings (SSSR count). The van der Waals surface area contributed by atoms with Crippen LogP contribution in [0.3, 0.4) is 0 Å². The molecule has 4 N–H and O–H groups in total. The quantitative estimate of drug-likeness (QED) is 0.467. The lowest BCUT2D eigenvalue weighted by Crippen LogP contribution is -2.46. The first-order valence-corrected chi connectivity index (χ1v) is 7.88. The van der Waals surface area contributed by atoms with Crippen molar-refractivity contribution in [1.29, 1.82) is 0 Å². The van der Waals surface area contributed by atoms with Crippen molar-refractivity contribution in [2.24, 2.45) is 11.8 Å². The minimum atomic E-state index is -4.27. The summed E-state index contributed by atoms with van der Waals surface area (Å²) in [4.78, 5) is 20.8. The molecule has 0 aromatic rings. The highest BCUT2D eigenvalue weighted by molar-refractivity contribution is 5.85. The number of halogens is 8. The van der Waals surface area contributed by atoms with E-state index in [1.165, 1.54) is 0 Å². The maximum absolute atomic E-state index is 12.2. The molecule has 168 valence electrons. The van der Waals surface area contributed by atoms with Gasteiger partial charge in [0.1, 0.15) is 12.1 Å². The van der Waals surface area contributed by atoms with E-state index < -0.39 is 48.2 Å². The lowest BCUT2D eigenvalue weighted by molar-refractivity contribution is -0.185. The molecule has 0 aliphatic carbocycles. The second-order valence-electron chi connectivity index (χ2n) is 6.22. The summed E-state index contributed by atoms with van der Waals surface area (Å²) < 4.78 is 72.9. The molecule has 4 atom stereocenters. The Kier molecular flexibility index (Phi) is 12.4. The Labute approximate surface area is 169 Å². The Hall–Kier alpha value is -0.980. The molecule has 0 bridgehead atoms. The Bertz CT molecular complexity index is 463. The van der Waals surface area contributed by atoms with Crippen molar-refractivity contribution in [3.05, 3.63) is 0 Å². The van der Waals surface area contributed by atoms with Gasteiger partial charge >= 0.3 is 24.3 Å². The first-order chi connectivity index (χ1) is 11.8. The molecule has 0 unspecified atom stereocenters. The summed E-state index contributed by atoms with van der Waals surface area (Å²) in [6.07, 6.45) is -9.33. The monoisotopic (exact) mass is 466 g/mol. The van der Waals surface area contributed by atoms with Crippen LogP contribution < -0.4 is 10.6 Å². The second kappa shape index (κ2) is 11.9. The Balaban J connectivity index is 0. The van der Waals surface area contributed by atoms with Crippen LogP contribution >= 0.6 is 24.8 Å². The smallest absolute Gasteiger partial charge is 0.391 e. The number of piperidine rings is 2. The van der Waals surface area contributed by atoms with Gasteiger partial charge in [-0.1, -0.05) is 0 Å². The standard InChI is InChI=1S/2C7H10F3NO2.2ClH/c2*8-7(9,10)4-1-2-11-5(3-4)6(12)13;;/h2*4-5,11H,1-3H2,(H,12,13);2*1H/t2*4-,5-;;/m10../s1. The van der Waals surface area contributed by atoms with E-state index in [0.29, 0.717) is 0 Å². The first kappa shape index (κ1) is 29.2. The van der Waals surface area contributed by atoms with Crippen LogP contribution in [-0.2, 0) is 9.59 Å². The molecule has 0 saturated carbocycles. The Morgan fingerprint density at radius 1 is 0.714 bits per heavy atom. The van der Waals surface area contributed by atoms with Crippen LogP contribution in [0.25, 0.3) is 0 Å². The van der Waals surface area contributed by atoms with Crippen molar-refractivity contribution in [2.45, 2.75) is 50.1 Å². The third-order valence-electron chi connectivity index (χ3n) is 4.33. The van der Waals surface area contributed by atoms with E-state index in [0.717, 1.165) is 0 Å². The molecule has 0 amide bonds. The fourth-order valence-corrected chi connectivity index (χ4v) is 2.81. The Morgan fingerprint density at radius 3 is 1.21 bits per heavy atom. The van der Waals surface area contributed by atoms with Gasteiger partial charge in [0.25, 0.3) is 0 Å². The molecule has 0 aromatic carbocycles. The first-order valence-electron chi connectivity index (χ1n) is 7.88. The van der Waals surface area contributed by atoms with Crippen LogP contribution in [0.4, 0.5) is 26.3 Å². The summed E-state index contributed by atoms with van der Waals surface area (Å²) >= 11 is 0. The number of aliphatic carboxylic acids is 2. The molecule has 0 radical (unpaired) electrons. The molecule has 14 heteroatoms. The van der Waals surface area contributed by atoms with Crippen molar-refractivity contribution < 1.29 is 46.1 Å². The molecule has 2 heterocycles. The van der Waals surface area contributed by atoms with Gasteiger partial charge < -0.3 is 20.8 Å². The van der Waals surface area contributed by atoms with Gasteiger partial charge in [-0.3, -0.25) is 9.59 Å². The van der Waals surface area contributed by atoms with E-state index in [4.69, 9.17) is 10.2 Å². The van der Waals surface area contributed by atoms with Crippen molar-refractivity contribution in [1.82, 2.24) is 10.6 Å². The highest BCUT2D eigenvalue weighted by atomic mass is 35.5. The van der Waals surface area contributed by atoms with Gasteiger partial charge in [-0.25, -0.2) is 0 Å². The van der Waals surface area contributed by atoms with Gasteiger partial charge in [0.15, 0.2) is 0 Å². The van der Waals surface area contributed by atoms with Gasteiger partial charge in [0.05, 0.1) is 11.8 Å². The van der Waals surface area contributed by atoms with E-state index in [1.54, 1.807) is 0 Å². The Morgan fingerprint density at radius 2 is 1.00 bits per heavy atom. The third-order valence-corrected chi connectivity index (χ3v) is 4.33. The summed E-state index contributed by atoms with van der Waals surface area (Å²) in [5, 5.41) is 22.0. The summed E-state index contributed by atoms with van der Waals surface area (Å²) in [6.45, 7) is 0.224. The zero-order valence-corrected chi connectivity index (χ0v) is 16.0. The van der Waals surface area contributed by atoms with Gasteiger partial charge in [0, 0.05) is 0 Å². The summed E-state index contributed by atoms with van der Waals surface area (Å²) in [5.74, 6) is -5.38. The van der Waals surface area contributed by atoms with Crippen molar-refractivity contribution in [3.63, 3.8) is 0 Å². The van der Waals surface area contributed by atoms with Crippen LogP contribution in [-0.4, -0.2) is 59.7 Å². The molecular weight excluding hydrogens is 445 g/mol. The van der Waals surface area contributed by atoms with E-state index in [2.05, 4.69) is 10.6 Å². The maximum atomic E-state index is 12.2.